The monoisotopic (exact) mass is 396 g/mol. The first kappa shape index (κ1) is 19.4. The van der Waals surface area contributed by atoms with Gasteiger partial charge in [-0.15, -0.1) is 0 Å². The smallest absolute Gasteiger partial charge is 0.361 e. The van der Waals surface area contributed by atoms with Gasteiger partial charge in [-0.3, -0.25) is 0 Å². The predicted octanol–water partition coefficient (Wildman–Crippen LogP) is 4.49. The Labute approximate surface area is 155 Å². The highest BCUT2D eigenvalue weighted by Gasteiger charge is 2.38. The summed E-state index contributed by atoms with van der Waals surface area (Å²) in [6, 6.07) is 11.7. The fraction of sp³-hybridized carbons (Fsp3) is 0.263. The lowest BCUT2D eigenvalue weighted by Gasteiger charge is -2.26. The highest BCUT2D eigenvalue weighted by atomic mass is 32.2. The van der Waals surface area contributed by atoms with Gasteiger partial charge in [-0.25, -0.2) is 13.1 Å². The van der Waals surface area contributed by atoms with Gasteiger partial charge in [-0.1, -0.05) is 30.3 Å². The maximum absolute atomic E-state index is 13.2. The van der Waals surface area contributed by atoms with Crippen molar-refractivity contribution in [1.29, 1.82) is 0 Å². The molecule has 0 saturated carbocycles. The standard InChI is InChI=1S/C19H19F3N2O2S/c1-18(2,11-13-12-23-16-9-5-3-7-14(13)16)24-27(25,26)17-10-6-4-8-15(17)19(20,21)22/h3-10,12,23-24H,11H2,1-2H3. The summed E-state index contributed by atoms with van der Waals surface area (Å²) in [6.07, 6.45) is -2.67. The summed E-state index contributed by atoms with van der Waals surface area (Å²) in [5.74, 6) is 0. The van der Waals surface area contributed by atoms with E-state index >= 15 is 0 Å². The van der Waals surface area contributed by atoms with Gasteiger partial charge in [-0.2, -0.15) is 13.2 Å². The highest BCUT2D eigenvalue weighted by Crippen LogP contribution is 2.34. The van der Waals surface area contributed by atoms with Gasteiger partial charge in [0.2, 0.25) is 10.0 Å². The van der Waals surface area contributed by atoms with Crippen molar-refractivity contribution in [2.75, 3.05) is 0 Å². The third kappa shape index (κ3) is 4.17. The molecular weight excluding hydrogens is 377 g/mol. The van der Waals surface area contributed by atoms with E-state index in [1.807, 2.05) is 24.3 Å². The van der Waals surface area contributed by atoms with Crippen molar-refractivity contribution in [3.05, 3.63) is 65.9 Å². The topological polar surface area (TPSA) is 62.0 Å². The van der Waals surface area contributed by atoms with Crippen LogP contribution in [0.2, 0.25) is 0 Å². The number of rotatable bonds is 5. The van der Waals surface area contributed by atoms with Gasteiger partial charge in [-0.05, 0) is 44.0 Å². The van der Waals surface area contributed by atoms with Crippen LogP contribution in [-0.4, -0.2) is 18.9 Å². The van der Waals surface area contributed by atoms with E-state index in [2.05, 4.69) is 9.71 Å². The van der Waals surface area contributed by atoms with E-state index in [4.69, 9.17) is 0 Å². The average Bonchev–Trinajstić information content (AvgIpc) is 2.96. The number of alkyl halides is 3. The number of sulfonamides is 1. The van der Waals surface area contributed by atoms with E-state index < -0.39 is 32.2 Å². The molecule has 3 rings (SSSR count). The minimum Gasteiger partial charge on any atom is -0.361 e. The van der Waals surface area contributed by atoms with Crippen molar-refractivity contribution in [3.8, 4) is 0 Å². The van der Waals surface area contributed by atoms with Crippen LogP contribution in [0.25, 0.3) is 10.9 Å². The molecule has 0 atom stereocenters. The van der Waals surface area contributed by atoms with Crippen LogP contribution in [-0.2, 0) is 22.6 Å². The Bertz CT molecular complexity index is 1070. The lowest BCUT2D eigenvalue weighted by atomic mass is 9.96. The normalized spacial score (nSPS) is 13.2. The number of hydrogen-bond donors (Lipinski definition) is 2. The van der Waals surface area contributed by atoms with Crippen molar-refractivity contribution in [2.45, 2.75) is 36.9 Å². The molecule has 0 spiro atoms. The first-order chi connectivity index (χ1) is 12.5. The summed E-state index contributed by atoms with van der Waals surface area (Å²) in [7, 11) is -4.37. The van der Waals surface area contributed by atoms with Crippen molar-refractivity contribution >= 4 is 20.9 Å². The minimum atomic E-state index is -4.76. The molecule has 4 nitrogen and oxygen atoms in total. The second-order valence-electron chi connectivity index (χ2n) is 7.02. The number of halogens is 3. The van der Waals surface area contributed by atoms with Crippen molar-refractivity contribution < 1.29 is 21.6 Å². The molecule has 144 valence electrons. The summed E-state index contributed by atoms with van der Waals surface area (Å²) in [5.41, 5.74) is -0.390. The third-order valence-electron chi connectivity index (χ3n) is 4.20. The Morgan fingerprint density at radius 2 is 1.63 bits per heavy atom. The number of aromatic amines is 1. The van der Waals surface area contributed by atoms with Crippen LogP contribution in [0.1, 0.15) is 25.0 Å². The van der Waals surface area contributed by atoms with E-state index in [1.54, 1.807) is 20.0 Å². The maximum atomic E-state index is 13.2. The zero-order valence-electron chi connectivity index (χ0n) is 14.8. The summed E-state index contributed by atoms with van der Waals surface area (Å²) >= 11 is 0. The lowest BCUT2D eigenvalue weighted by molar-refractivity contribution is -0.139. The molecule has 8 heteroatoms. The predicted molar refractivity (Wildman–Crippen MR) is 97.8 cm³/mol. The van der Waals surface area contributed by atoms with E-state index in [-0.39, 0.29) is 0 Å². The molecule has 0 aliphatic rings. The molecule has 1 aromatic heterocycles. The molecule has 0 aliphatic carbocycles. The number of para-hydroxylation sites is 1. The first-order valence-corrected chi connectivity index (χ1v) is 9.73. The highest BCUT2D eigenvalue weighted by molar-refractivity contribution is 7.89. The fourth-order valence-corrected chi connectivity index (χ4v) is 4.78. The van der Waals surface area contributed by atoms with E-state index in [0.29, 0.717) is 6.42 Å². The van der Waals surface area contributed by atoms with Gasteiger partial charge >= 0.3 is 6.18 Å². The van der Waals surface area contributed by atoms with Gasteiger partial charge in [0, 0.05) is 22.6 Å². The summed E-state index contributed by atoms with van der Waals surface area (Å²) in [5, 5.41) is 0.945. The van der Waals surface area contributed by atoms with Crippen molar-refractivity contribution in [3.63, 3.8) is 0 Å². The molecule has 1 heterocycles. The van der Waals surface area contributed by atoms with Crippen LogP contribution in [0.4, 0.5) is 13.2 Å². The second-order valence-corrected chi connectivity index (χ2v) is 8.67. The molecule has 27 heavy (non-hydrogen) atoms. The van der Waals surface area contributed by atoms with Gasteiger partial charge in [0.05, 0.1) is 10.5 Å². The Morgan fingerprint density at radius 1 is 1.00 bits per heavy atom. The van der Waals surface area contributed by atoms with Crippen LogP contribution in [0.15, 0.2) is 59.6 Å². The SMILES string of the molecule is CC(C)(Cc1c[nH]c2ccccc12)NS(=O)(=O)c1ccccc1C(F)(F)F. The molecule has 3 aromatic rings. The molecule has 0 bridgehead atoms. The van der Waals surface area contributed by atoms with Crippen molar-refractivity contribution in [2.24, 2.45) is 0 Å². The van der Waals surface area contributed by atoms with Crippen molar-refractivity contribution in [1.82, 2.24) is 9.71 Å². The van der Waals surface area contributed by atoms with Gasteiger partial charge in [0.15, 0.2) is 0 Å². The van der Waals surface area contributed by atoms with Crippen LogP contribution in [0.5, 0.6) is 0 Å². The molecule has 2 aromatic carbocycles. The van der Waals surface area contributed by atoms with Crippen LogP contribution >= 0.6 is 0 Å². The Balaban J connectivity index is 1.91. The molecule has 0 fully saturated rings. The summed E-state index contributed by atoms with van der Waals surface area (Å²) in [4.78, 5) is 2.33. The number of aromatic nitrogens is 1. The zero-order chi connectivity index (χ0) is 19.9. The Hall–Kier alpha value is -2.32. The summed E-state index contributed by atoms with van der Waals surface area (Å²) < 4.78 is 67.4. The largest absolute Gasteiger partial charge is 0.417 e. The molecule has 0 amide bonds. The molecule has 0 unspecified atom stereocenters. The number of benzene rings is 2. The number of hydrogen-bond acceptors (Lipinski definition) is 2. The van der Waals surface area contributed by atoms with E-state index in [9.17, 15) is 21.6 Å². The zero-order valence-corrected chi connectivity index (χ0v) is 15.6. The van der Waals surface area contributed by atoms with Gasteiger partial charge in [0.25, 0.3) is 0 Å². The Morgan fingerprint density at radius 3 is 2.33 bits per heavy atom. The second kappa shape index (κ2) is 6.69. The van der Waals surface area contributed by atoms with Crippen LogP contribution in [0, 0.1) is 0 Å². The molecule has 0 aliphatic heterocycles. The Kier molecular flexibility index (Phi) is 4.81. The first-order valence-electron chi connectivity index (χ1n) is 8.25. The number of H-pyrrole nitrogens is 1. The van der Waals surface area contributed by atoms with Gasteiger partial charge in [0.1, 0.15) is 0 Å². The van der Waals surface area contributed by atoms with Gasteiger partial charge < -0.3 is 4.98 Å². The third-order valence-corrected chi connectivity index (χ3v) is 5.96. The van der Waals surface area contributed by atoms with E-state index in [1.165, 1.54) is 12.1 Å². The maximum Gasteiger partial charge on any atom is 0.417 e. The fourth-order valence-electron chi connectivity index (χ4n) is 3.14. The molecular formula is C19H19F3N2O2S. The average molecular weight is 396 g/mol. The van der Waals surface area contributed by atoms with Crippen LogP contribution < -0.4 is 4.72 Å². The van der Waals surface area contributed by atoms with E-state index in [0.717, 1.165) is 28.6 Å². The summed E-state index contributed by atoms with van der Waals surface area (Å²) in [6.45, 7) is 3.28. The lowest BCUT2D eigenvalue weighted by Crippen LogP contribution is -2.45. The van der Waals surface area contributed by atoms with Crippen LogP contribution in [0.3, 0.4) is 0 Å². The molecule has 0 saturated heterocycles. The number of fused-ring (bicyclic) bond motifs is 1. The molecule has 2 N–H and O–H groups in total. The quantitative estimate of drug-likeness (QED) is 0.668. The number of nitrogens with one attached hydrogen (secondary N) is 2. The molecule has 0 radical (unpaired) electrons. The minimum absolute atomic E-state index is 0.310.